The summed E-state index contributed by atoms with van der Waals surface area (Å²) in [5.41, 5.74) is 4.66. The van der Waals surface area contributed by atoms with Crippen molar-refractivity contribution in [2.75, 3.05) is 38.6 Å². The molecule has 2 aliphatic heterocycles. The van der Waals surface area contributed by atoms with E-state index in [1.807, 2.05) is 0 Å². The van der Waals surface area contributed by atoms with E-state index in [1.165, 1.54) is 29.2 Å². The molecule has 2 saturated heterocycles. The van der Waals surface area contributed by atoms with Gasteiger partial charge < -0.3 is 35.6 Å². The van der Waals surface area contributed by atoms with Gasteiger partial charge in [-0.25, -0.2) is 13.2 Å². The molecule has 2 fully saturated rings. The number of carboxylic acid groups (broad SMARTS) is 1. The molecule has 178 valence electrons. The minimum absolute atomic E-state index is 0.133. The Balaban J connectivity index is 1.57. The van der Waals surface area contributed by atoms with Crippen LogP contribution in [0, 0.1) is 0 Å². The molecule has 2 atom stereocenters. The van der Waals surface area contributed by atoms with Crippen LogP contribution in [0.5, 0.6) is 5.75 Å². The van der Waals surface area contributed by atoms with Crippen LogP contribution in [0.3, 0.4) is 0 Å². The van der Waals surface area contributed by atoms with E-state index < -0.39 is 33.7 Å². The Morgan fingerprint density at radius 2 is 2.06 bits per heavy atom. The summed E-state index contributed by atoms with van der Waals surface area (Å²) in [6, 6.07) is 5.11. The van der Waals surface area contributed by atoms with Crippen molar-refractivity contribution in [2.45, 2.75) is 41.9 Å². The normalized spacial score (nSPS) is 21.2. The number of amides is 2. The summed E-state index contributed by atoms with van der Waals surface area (Å²) in [6.45, 7) is 1.51. The Labute approximate surface area is 186 Å². The highest BCUT2D eigenvalue weighted by atomic mass is 32.2. The van der Waals surface area contributed by atoms with Crippen molar-refractivity contribution in [2.24, 2.45) is 5.73 Å². The van der Waals surface area contributed by atoms with Crippen LogP contribution in [-0.4, -0.2) is 91.9 Å². The van der Waals surface area contributed by atoms with E-state index in [9.17, 15) is 28.2 Å². The summed E-state index contributed by atoms with van der Waals surface area (Å²) in [5, 5.41) is 23.3. The van der Waals surface area contributed by atoms with Crippen molar-refractivity contribution in [1.29, 1.82) is 0 Å². The summed E-state index contributed by atoms with van der Waals surface area (Å²) in [6.07, 6.45) is -0.0754. The van der Waals surface area contributed by atoms with Gasteiger partial charge in [-0.15, -0.1) is 0 Å². The van der Waals surface area contributed by atoms with Crippen LogP contribution >= 0.6 is 0 Å². The van der Waals surface area contributed by atoms with E-state index in [2.05, 4.69) is 5.32 Å². The maximum atomic E-state index is 12.1. The SMILES string of the molecule is NC(=O)CS(=O)(=O)c1cccc(OC[C@@H](O)CN(C(=O)O)[C@H]2COC3(CCNCC3)C2)c1. The lowest BCUT2D eigenvalue weighted by Crippen LogP contribution is -2.47. The molecule has 0 radical (unpaired) electrons. The van der Waals surface area contributed by atoms with Crippen LogP contribution in [0.2, 0.25) is 0 Å². The van der Waals surface area contributed by atoms with Gasteiger partial charge in [-0.05, 0) is 50.6 Å². The van der Waals surface area contributed by atoms with Crippen LogP contribution in [0.1, 0.15) is 19.3 Å². The first-order valence-corrected chi connectivity index (χ1v) is 12.0. The second kappa shape index (κ2) is 10.0. The molecule has 0 aliphatic carbocycles. The maximum absolute atomic E-state index is 12.1. The largest absolute Gasteiger partial charge is 0.491 e. The summed E-state index contributed by atoms with van der Waals surface area (Å²) in [7, 11) is -3.90. The Morgan fingerprint density at radius 1 is 1.34 bits per heavy atom. The molecular formula is C20H29N3O8S. The van der Waals surface area contributed by atoms with Gasteiger partial charge in [-0.1, -0.05) is 6.07 Å². The van der Waals surface area contributed by atoms with E-state index in [-0.39, 0.29) is 42.0 Å². The zero-order valence-corrected chi connectivity index (χ0v) is 18.4. The van der Waals surface area contributed by atoms with Crippen LogP contribution < -0.4 is 15.8 Å². The fourth-order valence-corrected chi connectivity index (χ4v) is 5.26. The average molecular weight is 472 g/mol. The Hall–Kier alpha value is -2.41. The third kappa shape index (κ3) is 6.09. The van der Waals surface area contributed by atoms with Gasteiger partial charge in [0.05, 0.1) is 29.7 Å². The van der Waals surface area contributed by atoms with Crippen molar-refractivity contribution in [3.05, 3.63) is 24.3 Å². The maximum Gasteiger partial charge on any atom is 0.407 e. The lowest BCUT2D eigenvalue weighted by molar-refractivity contribution is -0.115. The number of ether oxygens (including phenoxy) is 2. The first kappa shape index (κ1) is 24.2. The predicted octanol–water partition coefficient (Wildman–Crippen LogP) is -0.424. The molecule has 2 aliphatic rings. The minimum atomic E-state index is -3.90. The van der Waals surface area contributed by atoms with Gasteiger partial charge >= 0.3 is 6.09 Å². The second-order valence-corrected chi connectivity index (χ2v) is 10.2. The molecule has 2 amide bonds. The topological polar surface area (TPSA) is 168 Å². The van der Waals surface area contributed by atoms with Crippen molar-refractivity contribution in [3.63, 3.8) is 0 Å². The van der Waals surface area contributed by atoms with E-state index in [0.717, 1.165) is 25.9 Å². The molecule has 5 N–H and O–H groups in total. The molecule has 12 heteroatoms. The number of nitrogens with two attached hydrogens (primary N) is 1. The fourth-order valence-electron chi connectivity index (χ4n) is 4.13. The molecule has 3 rings (SSSR count). The number of benzene rings is 1. The van der Waals surface area contributed by atoms with Gasteiger partial charge in [0.25, 0.3) is 0 Å². The summed E-state index contributed by atoms with van der Waals surface area (Å²) < 4.78 is 35.7. The van der Waals surface area contributed by atoms with Crippen molar-refractivity contribution in [1.82, 2.24) is 10.2 Å². The Morgan fingerprint density at radius 3 is 2.72 bits per heavy atom. The average Bonchev–Trinajstić information content (AvgIpc) is 3.13. The zero-order valence-electron chi connectivity index (χ0n) is 17.6. The Kier molecular flexibility index (Phi) is 7.59. The molecule has 0 bridgehead atoms. The van der Waals surface area contributed by atoms with Crippen molar-refractivity contribution in [3.8, 4) is 5.75 Å². The van der Waals surface area contributed by atoms with Gasteiger partial charge in [0.1, 0.15) is 24.2 Å². The highest BCUT2D eigenvalue weighted by Gasteiger charge is 2.44. The van der Waals surface area contributed by atoms with E-state index >= 15 is 0 Å². The minimum Gasteiger partial charge on any atom is -0.491 e. The number of hydrogen-bond donors (Lipinski definition) is 4. The number of aliphatic hydroxyl groups excluding tert-OH is 1. The number of sulfone groups is 1. The Bertz CT molecular complexity index is 933. The number of nitrogens with zero attached hydrogens (tertiary/aromatic N) is 1. The zero-order chi connectivity index (χ0) is 23.4. The number of carbonyl (C=O) groups excluding carboxylic acids is 1. The number of primary amides is 1. The molecule has 1 spiro atoms. The standard InChI is InChI=1S/C20H29N3O8S/c21-18(25)13-32(28,29)17-3-1-2-16(8-17)30-12-15(24)10-23(19(26)27)14-9-20(31-11-14)4-6-22-7-5-20/h1-3,8,14-15,22,24H,4-7,9-13H2,(H2,21,25)(H,26,27)/t14-,15+/m1/s1. The van der Waals surface area contributed by atoms with Crippen LogP contribution in [-0.2, 0) is 19.4 Å². The van der Waals surface area contributed by atoms with Gasteiger partial charge in [0, 0.05) is 0 Å². The first-order valence-electron chi connectivity index (χ1n) is 10.4. The monoisotopic (exact) mass is 471 g/mol. The summed E-state index contributed by atoms with van der Waals surface area (Å²) >= 11 is 0. The number of carbonyl (C=O) groups is 2. The second-order valence-electron chi connectivity index (χ2n) is 8.20. The van der Waals surface area contributed by atoms with Gasteiger partial charge in [-0.3, -0.25) is 4.79 Å². The molecule has 0 saturated carbocycles. The van der Waals surface area contributed by atoms with Crippen LogP contribution in [0.15, 0.2) is 29.2 Å². The molecular weight excluding hydrogens is 442 g/mol. The van der Waals surface area contributed by atoms with Gasteiger partial charge in [-0.2, -0.15) is 0 Å². The summed E-state index contributed by atoms with van der Waals surface area (Å²) in [4.78, 5) is 23.8. The third-order valence-electron chi connectivity index (χ3n) is 5.74. The molecule has 32 heavy (non-hydrogen) atoms. The number of rotatable bonds is 9. The van der Waals surface area contributed by atoms with Gasteiger partial charge in [0.2, 0.25) is 5.91 Å². The van der Waals surface area contributed by atoms with E-state index in [0.29, 0.717) is 6.42 Å². The number of hydrogen-bond acceptors (Lipinski definition) is 8. The number of piperidine rings is 1. The lowest BCUT2D eigenvalue weighted by Gasteiger charge is -2.34. The van der Waals surface area contributed by atoms with Gasteiger partial charge in [0.15, 0.2) is 9.84 Å². The van der Waals surface area contributed by atoms with Crippen molar-refractivity contribution >= 4 is 21.8 Å². The number of aliphatic hydroxyl groups is 1. The highest BCUT2D eigenvalue weighted by molar-refractivity contribution is 7.92. The number of nitrogens with one attached hydrogen (secondary N) is 1. The predicted molar refractivity (Wildman–Crippen MR) is 113 cm³/mol. The molecule has 0 aromatic heterocycles. The molecule has 2 heterocycles. The first-order chi connectivity index (χ1) is 15.1. The van der Waals surface area contributed by atoms with Crippen LogP contribution in [0.4, 0.5) is 4.79 Å². The lowest BCUT2D eigenvalue weighted by atomic mass is 9.88. The molecule has 1 aromatic rings. The van der Waals surface area contributed by atoms with E-state index in [1.54, 1.807) is 0 Å². The summed E-state index contributed by atoms with van der Waals surface area (Å²) in [5.74, 6) is -1.63. The van der Waals surface area contributed by atoms with Crippen LogP contribution in [0.25, 0.3) is 0 Å². The highest BCUT2D eigenvalue weighted by Crippen LogP contribution is 2.36. The molecule has 1 aromatic carbocycles. The van der Waals surface area contributed by atoms with Crippen molar-refractivity contribution < 1.29 is 37.7 Å². The molecule has 11 nitrogen and oxygen atoms in total. The molecule has 0 unspecified atom stereocenters. The smallest absolute Gasteiger partial charge is 0.407 e. The third-order valence-corrected chi connectivity index (χ3v) is 7.37. The van der Waals surface area contributed by atoms with E-state index in [4.69, 9.17) is 15.2 Å². The fraction of sp³-hybridized carbons (Fsp3) is 0.600. The quantitative estimate of drug-likeness (QED) is 0.373.